The van der Waals surface area contributed by atoms with Crippen LogP contribution in [0.15, 0.2) is 54.6 Å². The van der Waals surface area contributed by atoms with Crippen molar-refractivity contribution >= 4 is 52.8 Å². The summed E-state index contributed by atoms with van der Waals surface area (Å²) in [5.41, 5.74) is 0.237. The number of Topliss-reactive ketones (excluding diaryl/α,β-unsaturated/α-hetero) is 3. The predicted molar refractivity (Wildman–Crippen MR) is 138 cm³/mol. The number of aromatic carboxylic acids is 1. The van der Waals surface area contributed by atoms with Crippen LogP contribution < -0.4 is 10.6 Å². The van der Waals surface area contributed by atoms with Gasteiger partial charge in [0.15, 0.2) is 17.3 Å². The Morgan fingerprint density at radius 3 is 1.32 bits per heavy atom. The van der Waals surface area contributed by atoms with Crippen LogP contribution in [-0.2, 0) is 0 Å². The molecule has 192 valence electrons. The van der Waals surface area contributed by atoms with E-state index in [4.69, 9.17) is 0 Å². The molecule has 0 radical (unpaired) electrons. The van der Waals surface area contributed by atoms with Crippen molar-refractivity contribution in [2.75, 3.05) is 10.6 Å². The van der Waals surface area contributed by atoms with Gasteiger partial charge in [-0.1, -0.05) is 0 Å². The number of aldehydes is 1. The van der Waals surface area contributed by atoms with E-state index in [9.17, 15) is 38.7 Å². The number of rotatable bonds is 9. The lowest BCUT2D eigenvalue weighted by molar-refractivity contribution is 0.0696. The summed E-state index contributed by atoms with van der Waals surface area (Å²) in [7, 11) is 0. The second-order valence-electron chi connectivity index (χ2n) is 8.44. The summed E-state index contributed by atoms with van der Waals surface area (Å²) in [4.78, 5) is 84.3. The summed E-state index contributed by atoms with van der Waals surface area (Å²) in [5, 5.41) is 14.5. The summed E-state index contributed by atoms with van der Waals surface area (Å²) in [6.07, 6.45) is 0.508. The van der Waals surface area contributed by atoms with E-state index >= 15 is 0 Å². The van der Waals surface area contributed by atoms with Gasteiger partial charge in [-0.3, -0.25) is 28.8 Å². The number of amides is 2. The standard InChI is InChI=1S/C28H22N2O8/c1-14(32)18-4-17(13-31)5-24(10-18)29-26(35)21-7-22(9-23(8-21)28(37)38)27(36)30-25-11-19(15(2)33)6-20(12-25)16(3)34/h4-13H,1-3H3,(H,29,35)(H,30,36)(H,37,38). The predicted octanol–water partition coefficient (Wildman–Crippen LogP) is 4.31. The lowest BCUT2D eigenvalue weighted by Crippen LogP contribution is -2.18. The Bertz CT molecular complexity index is 1510. The highest BCUT2D eigenvalue weighted by Gasteiger charge is 2.18. The van der Waals surface area contributed by atoms with Gasteiger partial charge in [0.05, 0.1) is 5.56 Å². The number of ketones is 3. The van der Waals surface area contributed by atoms with E-state index in [1.54, 1.807) is 0 Å². The number of nitrogens with one attached hydrogen (secondary N) is 2. The minimum atomic E-state index is -1.40. The molecule has 10 heteroatoms. The zero-order chi connectivity index (χ0) is 28.1. The summed E-state index contributed by atoms with van der Waals surface area (Å²) in [6, 6.07) is 11.5. The molecule has 0 aliphatic rings. The summed E-state index contributed by atoms with van der Waals surface area (Å²) in [6.45, 7) is 3.90. The van der Waals surface area contributed by atoms with E-state index < -0.39 is 17.8 Å². The van der Waals surface area contributed by atoms with Crippen LogP contribution in [0.5, 0.6) is 0 Å². The second-order valence-corrected chi connectivity index (χ2v) is 8.44. The maximum atomic E-state index is 13.0. The van der Waals surface area contributed by atoms with Crippen molar-refractivity contribution in [3.8, 4) is 0 Å². The zero-order valence-electron chi connectivity index (χ0n) is 20.6. The number of carbonyl (C=O) groups is 7. The Kier molecular flexibility index (Phi) is 8.07. The van der Waals surface area contributed by atoms with Crippen molar-refractivity contribution in [2.45, 2.75) is 20.8 Å². The minimum absolute atomic E-state index is 0.120. The molecule has 0 saturated heterocycles. The molecule has 2 amide bonds. The molecule has 3 N–H and O–H groups in total. The van der Waals surface area contributed by atoms with E-state index in [0.29, 0.717) is 6.29 Å². The molecule has 3 rings (SSSR count). The fourth-order valence-corrected chi connectivity index (χ4v) is 3.52. The van der Waals surface area contributed by atoms with E-state index in [2.05, 4.69) is 10.6 Å². The van der Waals surface area contributed by atoms with Gasteiger partial charge in [0.25, 0.3) is 11.8 Å². The van der Waals surface area contributed by atoms with Gasteiger partial charge in [0.1, 0.15) is 6.29 Å². The Labute approximate surface area is 216 Å². The smallest absolute Gasteiger partial charge is 0.335 e. The van der Waals surface area contributed by atoms with Gasteiger partial charge in [-0.2, -0.15) is 0 Å². The second kappa shape index (κ2) is 11.2. The molecule has 0 atom stereocenters. The SMILES string of the molecule is CC(=O)c1cc(C=O)cc(NC(=O)c2cc(C(=O)O)cc(C(=O)Nc3cc(C(C)=O)cc(C(C)=O)c3)c2)c1. The Balaban J connectivity index is 1.97. The van der Waals surface area contributed by atoms with Crippen molar-refractivity contribution in [3.05, 3.63) is 93.5 Å². The largest absolute Gasteiger partial charge is 0.478 e. The topological polar surface area (TPSA) is 164 Å². The molecule has 3 aromatic rings. The molecule has 0 heterocycles. The average Bonchev–Trinajstić information content (AvgIpc) is 2.87. The number of benzene rings is 3. The van der Waals surface area contributed by atoms with Crippen LogP contribution in [0.2, 0.25) is 0 Å². The molecular formula is C28H22N2O8. The number of carbonyl (C=O) groups excluding carboxylic acids is 6. The monoisotopic (exact) mass is 514 g/mol. The molecule has 0 spiro atoms. The van der Waals surface area contributed by atoms with Gasteiger partial charge < -0.3 is 15.7 Å². The molecule has 3 aromatic carbocycles. The van der Waals surface area contributed by atoms with Gasteiger partial charge in [-0.25, -0.2) is 4.79 Å². The normalized spacial score (nSPS) is 10.3. The first kappa shape index (κ1) is 27.3. The molecule has 0 fully saturated rings. The van der Waals surface area contributed by atoms with Gasteiger partial charge in [0, 0.05) is 44.8 Å². The third-order valence-electron chi connectivity index (χ3n) is 5.46. The maximum absolute atomic E-state index is 13.0. The number of carboxylic acid groups (broad SMARTS) is 1. The Morgan fingerprint density at radius 1 is 0.553 bits per heavy atom. The van der Waals surface area contributed by atoms with E-state index in [-0.39, 0.29) is 67.7 Å². The molecule has 0 bridgehead atoms. The zero-order valence-corrected chi connectivity index (χ0v) is 20.6. The Morgan fingerprint density at radius 2 is 0.921 bits per heavy atom. The van der Waals surface area contributed by atoms with E-state index in [1.807, 2.05) is 0 Å². The summed E-state index contributed by atoms with van der Waals surface area (Å²) < 4.78 is 0. The maximum Gasteiger partial charge on any atom is 0.335 e. The van der Waals surface area contributed by atoms with Gasteiger partial charge in [0.2, 0.25) is 0 Å². The van der Waals surface area contributed by atoms with Crippen LogP contribution in [0.1, 0.15) is 93.3 Å². The molecule has 10 nitrogen and oxygen atoms in total. The number of anilines is 2. The van der Waals surface area contributed by atoms with Crippen molar-refractivity contribution in [1.29, 1.82) is 0 Å². The van der Waals surface area contributed by atoms with Gasteiger partial charge in [-0.05, 0) is 75.4 Å². The first-order chi connectivity index (χ1) is 17.9. The van der Waals surface area contributed by atoms with Gasteiger partial charge >= 0.3 is 5.97 Å². The molecule has 0 unspecified atom stereocenters. The summed E-state index contributed by atoms with van der Waals surface area (Å²) >= 11 is 0. The number of hydrogen-bond acceptors (Lipinski definition) is 7. The van der Waals surface area contributed by atoms with Crippen LogP contribution in [0.25, 0.3) is 0 Å². The fourth-order valence-electron chi connectivity index (χ4n) is 3.52. The highest BCUT2D eigenvalue weighted by atomic mass is 16.4. The quantitative estimate of drug-likeness (QED) is 0.281. The molecule has 0 saturated carbocycles. The highest BCUT2D eigenvalue weighted by Crippen LogP contribution is 2.20. The number of carboxylic acids is 1. The van der Waals surface area contributed by atoms with E-state index in [1.165, 1.54) is 57.2 Å². The first-order valence-corrected chi connectivity index (χ1v) is 11.2. The van der Waals surface area contributed by atoms with Crippen LogP contribution in [0.4, 0.5) is 11.4 Å². The van der Waals surface area contributed by atoms with Crippen LogP contribution in [0.3, 0.4) is 0 Å². The molecule has 38 heavy (non-hydrogen) atoms. The first-order valence-electron chi connectivity index (χ1n) is 11.2. The van der Waals surface area contributed by atoms with Gasteiger partial charge in [-0.15, -0.1) is 0 Å². The summed E-state index contributed by atoms with van der Waals surface area (Å²) in [5.74, 6) is -3.98. The molecule has 0 aliphatic carbocycles. The van der Waals surface area contributed by atoms with Crippen molar-refractivity contribution in [1.82, 2.24) is 0 Å². The van der Waals surface area contributed by atoms with E-state index in [0.717, 1.165) is 18.2 Å². The van der Waals surface area contributed by atoms with Crippen LogP contribution in [-0.4, -0.2) is 46.5 Å². The lowest BCUT2D eigenvalue weighted by Gasteiger charge is -2.12. The lowest BCUT2D eigenvalue weighted by atomic mass is 10.0. The van der Waals surface area contributed by atoms with Crippen LogP contribution >= 0.6 is 0 Å². The third kappa shape index (κ3) is 6.49. The third-order valence-corrected chi connectivity index (χ3v) is 5.46. The van der Waals surface area contributed by atoms with Crippen molar-refractivity contribution < 1.29 is 38.7 Å². The molecule has 0 aliphatic heterocycles. The molecular weight excluding hydrogens is 492 g/mol. The highest BCUT2D eigenvalue weighted by molar-refractivity contribution is 6.11. The number of hydrogen-bond donors (Lipinski definition) is 3. The van der Waals surface area contributed by atoms with Crippen molar-refractivity contribution in [2.24, 2.45) is 0 Å². The minimum Gasteiger partial charge on any atom is -0.478 e. The van der Waals surface area contributed by atoms with Crippen molar-refractivity contribution in [3.63, 3.8) is 0 Å². The van der Waals surface area contributed by atoms with Crippen LogP contribution in [0, 0.1) is 0 Å². The Hall–Kier alpha value is -5.25. The average molecular weight is 514 g/mol. The fraction of sp³-hybridized carbons (Fsp3) is 0.107. The molecule has 0 aromatic heterocycles.